The van der Waals surface area contributed by atoms with E-state index in [0.717, 1.165) is 12.8 Å². The average molecular weight is 395 g/mol. The summed E-state index contributed by atoms with van der Waals surface area (Å²) in [5, 5.41) is 14.0. The minimum Gasteiger partial charge on any atom is -0.454 e. The molecule has 1 aromatic rings. The zero-order chi connectivity index (χ0) is 20.6. The Balaban J connectivity index is 1.79. The molecule has 8 nitrogen and oxygen atoms in total. The molecule has 1 fully saturated rings. The van der Waals surface area contributed by atoms with Crippen molar-refractivity contribution in [1.82, 2.24) is 10.6 Å². The van der Waals surface area contributed by atoms with Crippen LogP contribution in [0.2, 0.25) is 0 Å². The topological polar surface area (TPSA) is 118 Å². The number of carbonyl (C=O) groups excluding carboxylic acids is 3. The van der Waals surface area contributed by atoms with Crippen molar-refractivity contribution in [1.29, 1.82) is 5.26 Å². The lowest BCUT2D eigenvalue weighted by atomic mass is 10.00. The molecule has 0 aromatic heterocycles. The van der Waals surface area contributed by atoms with Crippen LogP contribution in [0.15, 0.2) is 24.3 Å². The van der Waals surface area contributed by atoms with Gasteiger partial charge >= 0.3 is 12.6 Å². The Hall–Kier alpha value is -3.22. The molecule has 2 amide bonds. The molecule has 28 heavy (non-hydrogen) atoms. The van der Waals surface area contributed by atoms with Crippen molar-refractivity contribution in [2.45, 2.75) is 37.8 Å². The first-order chi connectivity index (χ1) is 13.3. The Bertz CT molecular complexity index is 773. The van der Waals surface area contributed by atoms with Crippen molar-refractivity contribution in [3.63, 3.8) is 0 Å². The van der Waals surface area contributed by atoms with Crippen molar-refractivity contribution >= 4 is 17.8 Å². The van der Waals surface area contributed by atoms with E-state index in [4.69, 9.17) is 4.74 Å². The van der Waals surface area contributed by atoms with E-state index in [1.807, 2.05) is 0 Å². The van der Waals surface area contributed by atoms with Crippen LogP contribution in [0.25, 0.3) is 0 Å². The molecule has 1 saturated carbocycles. The Morgan fingerprint density at radius 2 is 1.89 bits per heavy atom. The van der Waals surface area contributed by atoms with Crippen LogP contribution in [0.1, 0.15) is 36.0 Å². The predicted octanol–water partition coefficient (Wildman–Crippen LogP) is 1.51. The van der Waals surface area contributed by atoms with Crippen molar-refractivity contribution in [3.8, 4) is 11.8 Å². The third kappa shape index (κ3) is 5.90. The molecule has 0 radical (unpaired) electrons. The zero-order valence-corrected chi connectivity index (χ0v) is 14.9. The van der Waals surface area contributed by atoms with Crippen LogP contribution in [0.4, 0.5) is 8.78 Å². The van der Waals surface area contributed by atoms with E-state index in [2.05, 4.69) is 21.4 Å². The van der Waals surface area contributed by atoms with Crippen molar-refractivity contribution in [2.75, 3.05) is 13.2 Å². The van der Waals surface area contributed by atoms with E-state index in [0.29, 0.717) is 12.8 Å². The Morgan fingerprint density at radius 1 is 1.21 bits per heavy atom. The number of nitriles is 1. The summed E-state index contributed by atoms with van der Waals surface area (Å²) in [4.78, 5) is 35.6. The summed E-state index contributed by atoms with van der Waals surface area (Å²) >= 11 is 0. The summed E-state index contributed by atoms with van der Waals surface area (Å²) in [7, 11) is 0. The van der Waals surface area contributed by atoms with Crippen molar-refractivity contribution < 1.29 is 32.6 Å². The lowest BCUT2D eigenvalue weighted by Crippen LogP contribution is -2.47. The molecule has 150 valence electrons. The van der Waals surface area contributed by atoms with Crippen LogP contribution in [0, 0.1) is 11.3 Å². The number of nitrogens with zero attached hydrogens (tertiary/aromatic N) is 1. The van der Waals surface area contributed by atoms with E-state index in [-0.39, 0.29) is 11.3 Å². The van der Waals surface area contributed by atoms with Gasteiger partial charge in [-0.2, -0.15) is 14.0 Å². The SMILES string of the molecule is N#CC1(NC(=O)COC(=O)CNC(=O)c2ccccc2OC(F)F)CCCC1. The molecule has 0 saturated heterocycles. The van der Waals surface area contributed by atoms with Gasteiger partial charge in [0.2, 0.25) is 0 Å². The Labute approximate surface area is 159 Å². The lowest BCUT2D eigenvalue weighted by molar-refractivity contribution is -0.147. The van der Waals surface area contributed by atoms with Gasteiger partial charge in [0.05, 0.1) is 11.6 Å². The van der Waals surface area contributed by atoms with Crippen molar-refractivity contribution in [3.05, 3.63) is 29.8 Å². The number of para-hydroxylation sites is 1. The first-order valence-corrected chi connectivity index (χ1v) is 8.55. The summed E-state index contributed by atoms with van der Waals surface area (Å²) in [5.41, 5.74) is -1.10. The molecule has 0 unspecified atom stereocenters. The van der Waals surface area contributed by atoms with E-state index < -0.39 is 43.1 Å². The molecule has 2 N–H and O–H groups in total. The molecule has 0 spiro atoms. The summed E-state index contributed by atoms with van der Waals surface area (Å²) in [5.74, 6) is -2.65. The monoisotopic (exact) mass is 395 g/mol. The number of benzene rings is 1. The van der Waals surface area contributed by atoms with Gasteiger partial charge in [-0.1, -0.05) is 12.1 Å². The smallest absolute Gasteiger partial charge is 0.387 e. The van der Waals surface area contributed by atoms with Crippen LogP contribution in [-0.2, 0) is 14.3 Å². The second kappa shape index (κ2) is 9.64. The van der Waals surface area contributed by atoms with E-state index in [1.165, 1.54) is 24.3 Å². The summed E-state index contributed by atoms with van der Waals surface area (Å²) in [6.45, 7) is -4.27. The highest BCUT2D eigenvalue weighted by molar-refractivity contribution is 5.98. The van der Waals surface area contributed by atoms with Gasteiger partial charge in [-0.25, -0.2) is 0 Å². The normalized spacial score (nSPS) is 14.8. The standard InChI is InChI=1S/C18H19F2N3O5/c19-17(20)28-13-6-2-1-5-12(13)16(26)22-9-15(25)27-10-14(24)23-18(11-21)7-3-4-8-18/h1-2,5-6,17H,3-4,7-10H2,(H,22,26)(H,23,24). The molecule has 0 aliphatic heterocycles. The van der Waals surface area contributed by atoms with Crippen molar-refractivity contribution in [2.24, 2.45) is 0 Å². The number of hydrogen-bond acceptors (Lipinski definition) is 6. The molecular weight excluding hydrogens is 376 g/mol. The fourth-order valence-corrected chi connectivity index (χ4v) is 2.84. The first kappa shape index (κ1) is 21.1. The third-order valence-corrected chi connectivity index (χ3v) is 4.16. The number of amides is 2. The average Bonchev–Trinajstić information content (AvgIpc) is 3.13. The van der Waals surface area contributed by atoms with Gasteiger partial charge in [-0.3, -0.25) is 14.4 Å². The first-order valence-electron chi connectivity index (χ1n) is 8.55. The fraction of sp³-hybridized carbons (Fsp3) is 0.444. The fourth-order valence-electron chi connectivity index (χ4n) is 2.84. The minimum atomic E-state index is -3.10. The highest BCUT2D eigenvalue weighted by Gasteiger charge is 2.35. The molecule has 0 atom stereocenters. The van der Waals surface area contributed by atoms with E-state index in [1.54, 1.807) is 0 Å². The predicted molar refractivity (Wildman–Crippen MR) is 91.3 cm³/mol. The molecule has 10 heteroatoms. The Kier molecular flexibility index (Phi) is 7.26. The van der Waals surface area contributed by atoms with Crippen LogP contribution < -0.4 is 15.4 Å². The number of rotatable bonds is 8. The number of alkyl halides is 2. The lowest BCUT2D eigenvalue weighted by Gasteiger charge is -2.21. The number of halogens is 2. The number of nitrogens with one attached hydrogen (secondary N) is 2. The summed E-state index contributed by atoms with van der Waals surface area (Å²) in [6, 6.07) is 7.39. The second-order valence-corrected chi connectivity index (χ2v) is 6.17. The molecule has 0 bridgehead atoms. The summed E-state index contributed by atoms with van der Waals surface area (Å²) < 4.78 is 33.7. The maximum absolute atomic E-state index is 12.4. The van der Waals surface area contributed by atoms with Crippen LogP contribution >= 0.6 is 0 Å². The number of hydrogen-bond donors (Lipinski definition) is 2. The molecular formula is C18H19F2N3O5. The van der Waals surface area contributed by atoms with Gasteiger partial charge in [0, 0.05) is 0 Å². The van der Waals surface area contributed by atoms with Gasteiger partial charge in [-0.05, 0) is 37.8 Å². The van der Waals surface area contributed by atoms with Crippen LogP contribution in [-0.4, -0.2) is 43.1 Å². The maximum Gasteiger partial charge on any atom is 0.387 e. The molecule has 1 aromatic carbocycles. The number of ether oxygens (including phenoxy) is 2. The van der Waals surface area contributed by atoms with E-state index >= 15 is 0 Å². The molecule has 0 heterocycles. The highest BCUT2D eigenvalue weighted by Crippen LogP contribution is 2.28. The quantitative estimate of drug-likeness (QED) is 0.645. The highest BCUT2D eigenvalue weighted by atomic mass is 19.3. The summed E-state index contributed by atoms with van der Waals surface area (Å²) in [6.07, 6.45) is 2.74. The molecule has 1 aliphatic carbocycles. The Morgan fingerprint density at radius 3 is 2.54 bits per heavy atom. The third-order valence-electron chi connectivity index (χ3n) is 4.16. The van der Waals surface area contributed by atoms with Gasteiger partial charge in [0.15, 0.2) is 6.61 Å². The molecule has 1 aliphatic rings. The minimum absolute atomic E-state index is 0.175. The second-order valence-electron chi connectivity index (χ2n) is 6.17. The van der Waals surface area contributed by atoms with Crippen LogP contribution in [0.5, 0.6) is 5.75 Å². The number of esters is 1. The van der Waals surface area contributed by atoms with Gasteiger partial charge < -0.3 is 20.1 Å². The molecule has 2 rings (SSSR count). The van der Waals surface area contributed by atoms with Gasteiger partial charge in [0.25, 0.3) is 11.8 Å². The van der Waals surface area contributed by atoms with Gasteiger partial charge in [0.1, 0.15) is 17.8 Å². The maximum atomic E-state index is 12.4. The van der Waals surface area contributed by atoms with Crippen LogP contribution in [0.3, 0.4) is 0 Å². The number of carbonyl (C=O) groups is 3. The zero-order valence-electron chi connectivity index (χ0n) is 14.9. The van der Waals surface area contributed by atoms with Gasteiger partial charge in [-0.15, -0.1) is 0 Å². The van der Waals surface area contributed by atoms with E-state index in [9.17, 15) is 28.4 Å². The largest absolute Gasteiger partial charge is 0.454 e.